The van der Waals surface area contributed by atoms with Crippen molar-refractivity contribution in [3.8, 4) is 44.5 Å². The zero-order valence-corrected chi connectivity index (χ0v) is 33.1. The third-order valence-corrected chi connectivity index (χ3v) is 13.5. The monoisotopic (exact) mass is 760 g/mol. The lowest BCUT2D eigenvalue weighted by atomic mass is 9.67. The summed E-state index contributed by atoms with van der Waals surface area (Å²) in [6.45, 7) is 0. The van der Waals surface area contributed by atoms with E-state index in [4.69, 9.17) is 0 Å². The van der Waals surface area contributed by atoms with Gasteiger partial charge in [0.05, 0.1) is 10.8 Å². The van der Waals surface area contributed by atoms with Gasteiger partial charge in [-0.25, -0.2) is 0 Å². The molecule has 0 unspecified atom stereocenters. The van der Waals surface area contributed by atoms with E-state index in [1.54, 1.807) is 0 Å². The minimum absolute atomic E-state index is 0.415. The number of rotatable bonds is 6. The van der Waals surface area contributed by atoms with Crippen LogP contribution in [0.15, 0.2) is 243 Å². The van der Waals surface area contributed by atoms with E-state index in [2.05, 4.69) is 243 Å². The van der Waals surface area contributed by atoms with Crippen LogP contribution in [0.2, 0.25) is 0 Å². The van der Waals surface area contributed by atoms with Crippen LogP contribution < -0.4 is 0 Å². The molecular formula is C60H40. The van der Waals surface area contributed by atoms with Crippen LogP contribution in [0.5, 0.6) is 0 Å². The maximum atomic E-state index is 2.45. The summed E-state index contributed by atoms with van der Waals surface area (Å²) in [7, 11) is 0. The second kappa shape index (κ2) is 13.5. The topological polar surface area (TPSA) is 0 Å². The average Bonchev–Trinajstić information content (AvgIpc) is 3.81. The smallest absolute Gasteiger partial charge is 0.0622 e. The van der Waals surface area contributed by atoms with Gasteiger partial charge in [-0.1, -0.05) is 237 Å². The normalized spacial score (nSPS) is 13.9. The predicted molar refractivity (Wildman–Crippen MR) is 249 cm³/mol. The molecule has 0 bridgehead atoms. The van der Waals surface area contributed by atoms with Crippen LogP contribution >= 0.6 is 0 Å². The molecule has 2 aliphatic carbocycles. The van der Waals surface area contributed by atoms with Gasteiger partial charge in [-0.2, -0.15) is 0 Å². The summed E-state index contributed by atoms with van der Waals surface area (Å²) in [5, 5.41) is 2.49. The predicted octanol–water partition coefficient (Wildman–Crippen LogP) is 14.9. The zero-order chi connectivity index (χ0) is 39.7. The van der Waals surface area contributed by atoms with Crippen molar-refractivity contribution in [2.75, 3.05) is 0 Å². The SMILES string of the molecule is c1ccc(C2(c3ccc(-c4ccc(-c5cccc(C6(c7ccccc7)c7ccccc7-c7ccccc76)c5)c5ccccc45)cc3)c3ccccc3-c3ccccc32)cc1. The van der Waals surface area contributed by atoms with E-state index in [0.717, 1.165) is 0 Å². The molecule has 2 aliphatic rings. The molecule has 0 spiro atoms. The molecule has 0 saturated heterocycles. The van der Waals surface area contributed by atoms with Crippen molar-refractivity contribution in [1.82, 2.24) is 0 Å². The van der Waals surface area contributed by atoms with Gasteiger partial charge < -0.3 is 0 Å². The quantitative estimate of drug-likeness (QED) is 0.158. The second-order valence-corrected chi connectivity index (χ2v) is 16.3. The maximum Gasteiger partial charge on any atom is 0.0713 e. The highest BCUT2D eigenvalue weighted by molar-refractivity contribution is 6.05. The molecule has 0 aromatic heterocycles. The molecule has 0 saturated carbocycles. The van der Waals surface area contributed by atoms with Gasteiger partial charge in [0.1, 0.15) is 0 Å². The molecular weight excluding hydrogens is 721 g/mol. The van der Waals surface area contributed by atoms with E-state index in [1.165, 1.54) is 99.8 Å². The molecule has 0 fully saturated rings. The standard InChI is InChI=1S/C60H40/c1-3-19-43(20-4-1)59(55-30-13-9-26-51(55)52-27-10-14-31-56(52)59)45-36-34-41(35-37-45)47-38-39-48(50-25-8-7-24-49(47)50)42-18-17-23-46(40-42)60(44-21-5-2-6-22-44)57-32-15-11-28-53(57)54-29-12-16-33-58(54)60/h1-40H. The highest BCUT2D eigenvalue weighted by atomic mass is 14.5. The first-order valence-corrected chi connectivity index (χ1v) is 21.0. The van der Waals surface area contributed by atoms with Crippen LogP contribution in [0.25, 0.3) is 55.3 Å². The molecule has 10 aromatic rings. The first-order valence-electron chi connectivity index (χ1n) is 21.0. The molecule has 0 radical (unpaired) electrons. The van der Waals surface area contributed by atoms with Gasteiger partial charge >= 0.3 is 0 Å². The number of fused-ring (bicyclic) bond motifs is 7. The first-order chi connectivity index (χ1) is 29.8. The van der Waals surface area contributed by atoms with Crippen molar-refractivity contribution in [3.63, 3.8) is 0 Å². The van der Waals surface area contributed by atoms with E-state index in [-0.39, 0.29) is 0 Å². The van der Waals surface area contributed by atoms with Crippen LogP contribution in [0.3, 0.4) is 0 Å². The minimum Gasteiger partial charge on any atom is -0.0622 e. The van der Waals surface area contributed by atoms with E-state index < -0.39 is 10.8 Å². The lowest BCUT2D eigenvalue weighted by Gasteiger charge is -2.34. The molecule has 0 heteroatoms. The molecule has 12 rings (SSSR count). The van der Waals surface area contributed by atoms with Crippen LogP contribution in [0.4, 0.5) is 0 Å². The molecule has 280 valence electrons. The molecule has 0 amide bonds. The molecule has 0 atom stereocenters. The van der Waals surface area contributed by atoms with Gasteiger partial charge in [-0.15, -0.1) is 0 Å². The van der Waals surface area contributed by atoms with Crippen LogP contribution in [0, 0.1) is 0 Å². The van der Waals surface area contributed by atoms with Gasteiger partial charge in [0, 0.05) is 0 Å². The summed E-state index contributed by atoms with van der Waals surface area (Å²) in [6, 6.07) is 90.3. The second-order valence-electron chi connectivity index (χ2n) is 16.3. The molecule has 0 N–H and O–H groups in total. The van der Waals surface area contributed by atoms with Crippen LogP contribution in [-0.2, 0) is 10.8 Å². The van der Waals surface area contributed by atoms with Crippen molar-refractivity contribution < 1.29 is 0 Å². The van der Waals surface area contributed by atoms with Gasteiger partial charge in [0.2, 0.25) is 0 Å². The van der Waals surface area contributed by atoms with Gasteiger partial charge in [-0.05, 0) is 106 Å². The van der Waals surface area contributed by atoms with Gasteiger partial charge in [0.15, 0.2) is 0 Å². The average molecular weight is 761 g/mol. The highest BCUT2D eigenvalue weighted by Crippen LogP contribution is 2.58. The molecule has 0 aliphatic heterocycles. The zero-order valence-electron chi connectivity index (χ0n) is 33.1. The third-order valence-electron chi connectivity index (χ3n) is 13.5. The Morgan fingerprint density at radius 2 is 0.550 bits per heavy atom. The van der Waals surface area contributed by atoms with Crippen molar-refractivity contribution in [3.05, 3.63) is 287 Å². The molecule has 0 nitrogen and oxygen atoms in total. The Hall–Kier alpha value is -7.54. The Kier molecular flexibility index (Phi) is 7.77. The summed E-state index contributed by atoms with van der Waals surface area (Å²) in [5.74, 6) is 0. The molecule has 10 aromatic carbocycles. The Bertz CT molecular complexity index is 3150. The van der Waals surface area contributed by atoms with Crippen molar-refractivity contribution in [2.45, 2.75) is 10.8 Å². The Balaban J connectivity index is 1.00. The van der Waals surface area contributed by atoms with Gasteiger partial charge in [0.25, 0.3) is 0 Å². The van der Waals surface area contributed by atoms with Gasteiger partial charge in [-0.3, -0.25) is 0 Å². The third kappa shape index (κ3) is 4.79. The Morgan fingerprint density at radius 1 is 0.200 bits per heavy atom. The molecule has 60 heavy (non-hydrogen) atoms. The van der Waals surface area contributed by atoms with E-state index in [0.29, 0.717) is 0 Å². The lowest BCUT2D eigenvalue weighted by molar-refractivity contribution is 0.768. The largest absolute Gasteiger partial charge is 0.0713 e. The van der Waals surface area contributed by atoms with Crippen molar-refractivity contribution in [2.24, 2.45) is 0 Å². The summed E-state index contributed by atoms with van der Waals surface area (Å²) in [6.07, 6.45) is 0. The Labute approximate surface area is 351 Å². The summed E-state index contributed by atoms with van der Waals surface area (Å²) in [4.78, 5) is 0. The van der Waals surface area contributed by atoms with E-state index in [1.807, 2.05) is 0 Å². The number of benzene rings is 10. The van der Waals surface area contributed by atoms with Crippen molar-refractivity contribution >= 4 is 10.8 Å². The fourth-order valence-electron chi connectivity index (χ4n) is 11.0. The minimum atomic E-state index is -0.445. The highest BCUT2D eigenvalue weighted by Gasteiger charge is 2.47. The number of hydrogen-bond acceptors (Lipinski definition) is 0. The van der Waals surface area contributed by atoms with E-state index >= 15 is 0 Å². The fraction of sp³-hybridized carbons (Fsp3) is 0.0333. The fourth-order valence-corrected chi connectivity index (χ4v) is 11.0. The maximum absolute atomic E-state index is 2.45. The summed E-state index contributed by atoms with van der Waals surface area (Å²) in [5.41, 5.74) is 19.7. The lowest BCUT2D eigenvalue weighted by Crippen LogP contribution is -2.28. The first kappa shape index (κ1) is 34.5. The van der Waals surface area contributed by atoms with Crippen LogP contribution in [0.1, 0.15) is 44.5 Å². The summed E-state index contributed by atoms with van der Waals surface area (Å²) >= 11 is 0. The van der Waals surface area contributed by atoms with Crippen molar-refractivity contribution in [1.29, 1.82) is 0 Å². The Morgan fingerprint density at radius 3 is 1.02 bits per heavy atom. The summed E-state index contributed by atoms with van der Waals surface area (Å²) < 4.78 is 0. The van der Waals surface area contributed by atoms with Crippen LogP contribution in [-0.4, -0.2) is 0 Å². The molecule has 0 heterocycles. The number of hydrogen-bond donors (Lipinski definition) is 0. The van der Waals surface area contributed by atoms with E-state index in [9.17, 15) is 0 Å².